The summed E-state index contributed by atoms with van der Waals surface area (Å²) in [5.74, 6) is 1.96. The Kier molecular flexibility index (Phi) is 4.07. The van der Waals surface area contributed by atoms with E-state index in [9.17, 15) is 4.39 Å². The largest absolute Gasteiger partial charge is 0.454 e. The summed E-state index contributed by atoms with van der Waals surface area (Å²) < 4.78 is 29.5. The van der Waals surface area contributed by atoms with Gasteiger partial charge in [-0.25, -0.2) is 4.39 Å². The minimum atomic E-state index is -0.338. The molecule has 0 aliphatic carbocycles. The van der Waals surface area contributed by atoms with Gasteiger partial charge in [-0.15, -0.1) is 0 Å². The fraction of sp³-hybridized carbons (Fsp3) is 0.222. The van der Waals surface area contributed by atoms with Crippen molar-refractivity contribution in [2.75, 3.05) is 6.79 Å². The molecule has 7 heteroatoms. The maximum atomic E-state index is 13.3. The first kappa shape index (κ1) is 15.6. The van der Waals surface area contributed by atoms with Gasteiger partial charge in [-0.1, -0.05) is 29.4 Å². The molecule has 0 fully saturated rings. The van der Waals surface area contributed by atoms with Crippen LogP contribution in [0.3, 0.4) is 0 Å². The first-order valence-corrected chi connectivity index (χ1v) is 7.91. The average Bonchev–Trinajstić information content (AvgIpc) is 3.29. The van der Waals surface area contributed by atoms with Crippen molar-refractivity contribution in [2.24, 2.45) is 0 Å². The van der Waals surface area contributed by atoms with Crippen molar-refractivity contribution < 1.29 is 18.4 Å². The van der Waals surface area contributed by atoms with Crippen molar-refractivity contribution in [3.05, 3.63) is 59.7 Å². The summed E-state index contributed by atoms with van der Waals surface area (Å²) in [6.45, 7) is 2.72. The third-order valence-electron chi connectivity index (χ3n) is 3.97. The number of hydrogen-bond acceptors (Lipinski definition) is 6. The van der Waals surface area contributed by atoms with Crippen LogP contribution < -0.4 is 14.8 Å². The number of hydrogen-bond donors (Lipinski definition) is 1. The zero-order valence-corrected chi connectivity index (χ0v) is 13.5. The predicted octanol–water partition coefficient (Wildman–Crippen LogP) is 3.46. The lowest BCUT2D eigenvalue weighted by Crippen LogP contribution is -2.18. The van der Waals surface area contributed by atoms with E-state index in [4.69, 9.17) is 14.0 Å². The lowest BCUT2D eigenvalue weighted by atomic mass is 10.1. The number of benzene rings is 2. The molecule has 6 nitrogen and oxygen atoms in total. The van der Waals surface area contributed by atoms with Crippen LogP contribution in [0.5, 0.6) is 11.5 Å². The fourth-order valence-corrected chi connectivity index (χ4v) is 2.64. The van der Waals surface area contributed by atoms with Crippen LogP contribution in [0.25, 0.3) is 11.4 Å². The van der Waals surface area contributed by atoms with Gasteiger partial charge in [0.25, 0.3) is 0 Å². The Hall–Kier alpha value is -2.93. The van der Waals surface area contributed by atoms with Crippen LogP contribution >= 0.6 is 0 Å². The van der Waals surface area contributed by atoms with Crippen LogP contribution in [0.4, 0.5) is 4.39 Å². The molecular formula is C18H16FN3O3. The van der Waals surface area contributed by atoms with Crippen molar-refractivity contribution in [1.29, 1.82) is 0 Å². The molecule has 0 unspecified atom stereocenters. The number of aromatic nitrogens is 2. The van der Waals surface area contributed by atoms with E-state index < -0.39 is 0 Å². The van der Waals surface area contributed by atoms with Crippen LogP contribution in [-0.2, 0) is 6.54 Å². The molecule has 2 heterocycles. The number of nitrogens with one attached hydrogen (secondary N) is 1. The van der Waals surface area contributed by atoms with Gasteiger partial charge in [0.1, 0.15) is 5.82 Å². The first-order valence-electron chi connectivity index (χ1n) is 7.91. The van der Waals surface area contributed by atoms with E-state index in [1.54, 1.807) is 12.1 Å². The van der Waals surface area contributed by atoms with Gasteiger partial charge in [0.2, 0.25) is 18.5 Å². The van der Waals surface area contributed by atoms with Crippen molar-refractivity contribution >= 4 is 0 Å². The van der Waals surface area contributed by atoms with Gasteiger partial charge in [-0.2, -0.15) is 4.98 Å². The van der Waals surface area contributed by atoms with Gasteiger partial charge in [0.15, 0.2) is 11.5 Å². The standard InChI is InChI=1S/C18H16FN3O3/c1-11(20-9-13-5-3-7-15-16(13)24-10-23-15)18-21-17(22-25-18)12-4-2-6-14(19)8-12/h2-8,11,20H,9-10H2,1H3/t11-/m1/s1. The van der Waals surface area contributed by atoms with E-state index >= 15 is 0 Å². The van der Waals surface area contributed by atoms with Crippen molar-refractivity contribution in [3.63, 3.8) is 0 Å². The Labute approximate surface area is 143 Å². The summed E-state index contributed by atoms with van der Waals surface area (Å²) in [5.41, 5.74) is 1.57. The number of ether oxygens (including phenoxy) is 2. The maximum absolute atomic E-state index is 13.3. The van der Waals surface area contributed by atoms with Crippen LogP contribution in [0.2, 0.25) is 0 Å². The first-order chi connectivity index (χ1) is 12.2. The van der Waals surface area contributed by atoms with Crippen molar-refractivity contribution in [2.45, 2.75) is 19.5 Å². The van der Waals surface area contributed by atoms with Crippen LogP contribution in [0.1, 0.15) is 24.4 Å². The second kappa shape index (κ2) is 6.52. The molecule has 0 bridgehead atoms. The number of fused-ring (bicyclic) bond motifs is 1. The van der Waals surface area contributed by atoms with Gasteiger partial charge in [-0.3, -0.25) is 0 Å². The highest BCUT2D eigenvalue weighted by atomic mass is 19.1. The summed E-state index contributed by atoms with van der Waals surface area (Å²) in [6.07, 6.45) is 0. The van der Waals surface area contributed by atoms with E-state index in [2.05, 4.69) is 15.5 Å². The summed E-state index contributed by atoms with van der Waals surface area (Å²) in [6, 6.07) is 11.7. The van der Waals surface area contributed by atoms with Gasteiger partial charge >= 0.3 is 0 Å². The van der Waals surface area contributed by atoms with Gasteiger partial charge in [-0.05, 0) is 25.1 Å². The van der Waals surface area contributed by atoms with Gasteiger partial charge in [0, 0.05) is 17.7 Å². The topological polar surface area (TPSA) is 69.4 Å². The Morgan fingerprint density at radius 1 is 1.20 bits per heavy atom. The molecular weight excluding hydrogens is 325 g/mol. The molecule has 0 saturated heterocycles. The normalized spacial score (nSPS) is 13.8. The number of para-hydroxylation sites is 1. The van der Waals surface area contributed by atoms with E-state index in [1.165, 1.54) is 12.1 Å². The molecule has 2 aromatic carbocycles. The van der Waals surface area contributed by atoms with E-state index in [0.29, 0.717) is 23.8 Å². The molecule has 25 heavy (non-hydrogen) atoms. The van der Waals surface area contributed by atoms with Gasteiger partial charge < -0.3 is 19.3 Å². The lowest BCUT2D eigenvalue weighted by molar-refractivity contribution is 0.173. The minimum absolute atomic E-state index is 0.173. The number of rotatable bonds is 5. The summed E-state index contributed by atoms with van der Waals surface area (Å²) >= 11 is 0. The summed E-state index contributed by atoms with van der Waals surface area (Å²) in [4.78, 5) is 4.34. The lowest BCUT2D eigenvalue weighted by Gasteiger charge is -2.11. The average molecular weight is 341 g/mol. The third kappa shape index (κ3) is 3.18. The maximum Gasteiger partial charge on any atom is 0.243 e. The molecule has 0 spiro atoms. The smallest absolute Gasteiger partial charge is 0.243 e. The Balaban J connectivity index is 1.46. The molecule has 0 saturated carbocycles. The second-order valence-electron chi connectivity index (χ2n) is 5.72. The Morgan fingerprint density at radius 2 is 2.08 bits per heavy atom. The summed E-state index contributed by atoms with van der Waals surface area (Å²) in [7, 11) is 0. The molecule has 1 N–H and O–H groups in total. The Bertz CT molecular complexity index is 897. The van der Waals surface area contributed by atoms with Crippen LogP contribution in [0, 0.1) is 5.82 Å². The van der Waals surface area contributed by atoms with Gasteiger partial charge in [0.05, 0.1) is 6.04 Å². The molecule has 128 valence electrons. The van der Waals surface area contributed by atoms with Crippen LogP contribution in [-0.4, -0.2) is 16.9 Å². The van der Waals surface area contributed by atoms with E-state index in [1.807, 2.05) is 25.1 Å². The second-order valence-corrected chi connectivity index (χ2v) is 5.72. The highest BCUT2D eigenvalue weighted by Gasteiger charge is 2.19. The van der Waals surface area contributed by atoms with Crippen molar-refractivity contribution in [3.8, 4) is 22.9 Å². The molecule has 1 aromatic heterocycles. The quantitative estimate of drug-likeness (QED) is 0.766. The fourth-order valence-electron chi connectivity index (χ4n) is 2.64. The van der Waals surface area contributed by atoms with E-state index in [-0.39, 0.29) is 18.7 Å². The van der Waals surface area contributed by atoms with Crippen LogP contribution in [0.15, 0.2) is 47.0 Å². The molecule has 0 amide bonds. The Morgan fingerprint density at radius 3 is 2.96 bits per heavy atom. The van der Waals surface area contributed by atoms with E-state index in [0.717, 1.165) is 17.1 Å². The predicted molar refractivity (Wildman–Crippen MR) is 87.5 cm³/mol. The molecule has 1 aliphatic rings. The molecule has 0 radical (unpaired) electrons. The highest BCUT2D eigenvalue weighted by Crippen LogP contribution is 2.35. The van der Waals surface area contributed by atoms with Crippen molar-refractivity contribution in [1.82, 2.24) is 15.5 Å². The zero-order chi connectivity index (χ0) is 17.2. The minimum Gasteiger partial charge on any atom is -0.454 e. The number of halogens is 1. The molecule has 1 atom stereocenters. The monoisotopic (exact) mass is 341 g/mol. The zero-order valence-electron chi connectivity index (χ0n) is 13.5. The molecule has 4 rings (SSSR count). The SMILES string of the molecule is C[C@@H](NCc1cccc2c1OCO2)c1nc(-c2cccc(F)c2)no1. The molecule has 1 aliphatic heterocycles. The number of nitrogens with zero attached hydrogens (tertiary/aromatic N) is 2. The highest BCUT2D eigenvalue weighted by molar-refractivity contribution is 5.54. The summed E-state index contributed by atoms with van der Waals surface area (Å²) in [5, 5.41) is 7.24. The molecule has 3 aromatic rings. The third-order valence-corrected chi connectivity index (χ3v) is 3.97.